The zero-order valence-corrected chi connectivity index (χ0v) is 13.4. The lowest BCUT2D eigenvalue weighted by molar-refractivity contribution is 0.403. The first kappa shape index (κ1) is 15.4. The lowest BCUT2D eigenvalue weighted by Gasteiger charge is -2.38. The van der Waals surface area contributed by atoms with E-state index in [1.165, 1.54) is 23.9 Å². The van der Waals surface area contributed by atoms with Crippen molar-refractivity contribution in [2.24, 2.45) is 13.0 Å². The fourth-order valence-corrected chi connectivity index (χ4v) is 3.13. The maximum absolute atomic E-state index is 11.9. The molecule has 1 saturated heterocycles. The Kier molecular flexibility index (Phi) is 5.08. The van der Waals surface area contributed by atoms with Crippen molar-refractivity contribution in [3.63, 3.8) is 0 Å². The molecule has 2 rings (SSSR count). The highest BCUT2D eigenvalue weighted by molar-refractivity contribution is 6.33. The minimum atomic E-state index is -0.211. The summed E-state index contributed by atoms with van der Waals surface area (Å²) in [7, 11) is 1.63. The largest absolute Gasteiger partial charge is 0.366 e. The minimum absolute atomic E-state index is 0.211. The number of aryl methyl sites for hydroxylation is 1. The van der Waals surface area contributed by atoms with Gasteiger partial charge in [-0.3, -0.25) is 4.79 Å². The van der Waals surface area contributed by atoms with Crippen LogP contribution < -0.4 is 10.5 Å². The van der Waals surface area contributed by atoms with E-state index in [1.54, 1.807) is 13.2 Å². The number of rotatable bonds is 4. The van der Waals surface area contributed by atoms with E-state index in [-0.39, 0.29) is 5.56 Å². The highest BCUT2D eigenvalue weighted by Crippen LogP contribution is 2.30. The van der Waals surface area contributed by atoms with Crippen LogP contribution in [0.4, 0.5) is 5.69 Å². The molecule has 0 N–H and O–H groups in total. The molecule has 0 radical (unpaired) electrons. The molecule has 0 amide bonds. The van der Waals surface area contributed by atoms with Gasteiger partial charge in [0.25, 0.3) is 5.56 Å². The van der Waals surface area contributed by atoms with E-state index in [1.807, 2.05) is 0 Å². The van der Waals surface area contributed by atoms with E-state index in [9.17, 15) is 4.79 Å². The lowest BCUT2D eigenvalue weighted by Crippen LogP contribution is -2.41. The maximum Gasteiger partial charge on any atom is 0.287 e. The second-order valence-electron chi connectivity index (χ2n) is 6.09. The third-order valence-corrected chi connectivity index (χ3v) is 4.43. The van der Waals surface area contributed by atoms with Crippen molar-refractivity contribution >= 4 is 17.3 Å². The van der Waals surface area contributed by atoms with E-state index in [2.05, 4.69) is 23.8 Å². The number of aromatic nitrogens is 2. The first-order chi connectivity index (χ1) is 9.50. The summed E-state index contributed by atoms with van der Waals surface area (Å²) in [6.07, 6.45) is 7.69. The molecular formula is C15H24ClN3O. The Labute approximate surface area is 125 Å². The summed E-state index contributed by atoms with van der Waals surface area (Å²) in [4.78, 5) is 14.2. The molecule has 0 spiro atoms. The Hall–Kier alpha value is -1.03. The summed E-state index contributed by atoms with van der Waals surface area (Å²) >= 11 is 6.24. The standard InChI is InChI=1S/C15H24ClN3O/c1-11(2)7-8-12-6-4-5-9-19(12)13-10-17-18(3)15(20)14(13)16/h10-12H,4-9H2,1-3H3. The third-order valence-electron chi connectivity index (χ3n) is 4.07. The van der Waals surface area contributed by atoms with Crippen molar-refractivity contribution in [1.82, 2.24) is 9.78 Å². The van der Waals surface area contributed by atoms with Crippen molar-refractivity contribution in [3.05, 3.63) is 21.6 Å². The van der Waals surface area contributed by atoms with Crippen LogP contribution >= 0.6 is 11.6 Å². The summed E-state index contributed by atoms with van der Waals surface area (Å²) < 4.78 is 1.29. The van der Waals surface area contributed by atoms with Gasteiger partial charge in [0.05, 0.1) is 11.9 Å². The molecule has 112 valence electrons. The number of hydrogen-bond donors (Lipinski definition) is 0. The molecule has 1 aromatic heterocycles. The van der Waals surface area contributed by atoms with Gasteiger partial charge in [0, 0.05) is 19.6 Å². The van der Waals surface area contributed by atoms with Gasteiger partial charge in [-0.2, -0.15) is 5.10 Å². The van der Waals surface area contributed by atoms with Crippen LogP contribution in [0, 0.1) is 5.92 Å². The van der Waals surface area contributed by atoms with E-state index >= 15 is 0 Å². The van der Waals surface area contributed by atoms with Crippen LogP contribution in [0.1, 0.15) is 46.0 Å². The summed E-state index contributed by atoms with van der Waals surface area (Å²) in [6, 6.07) is 0.484. The minimum Gasteiger partial charge on any atom is -0.366 e. The molecule has 1 aliphatic rings. The van der Waals surface area contributed by atoms with Crippen molar-refractivity contribution in [3.8, 4) is 0 Å². The van der Waals surface area contributed by atoms with Gasteiger partial charge < -0.3 is 4.90 Å². The van der Waals surface area contributed by atoms with E-state index < -0.39 is 0 Å². The predicted octanol–water partition coefficient (Wildman–Crippen LogP) is 3.23. The number of hydrogen-bond acceptors (Lipinski definition) is 3. The zero-order valence-electron chi connectivity index (χ0n) is 12.6. The second kappa shape index (κ2) is 6.61. The van der Waals surface area contributed by atoms with Crippen LogP contribution in [0.2, 0.25) is 5.02 Å². The SMILES string of the molecule is CC(C)CCC1CCCCN1c1cnn(C)c(=O)c1Cl. The summed E-state index contributed by atoms with van der Waals surface area (Å²) in [5.74, 6) is 0.705. The monoisotopic (exact) mass is 297 g/mol. The molecule has 1 atom stereocenters. The Morgan fingerprint density at radius 3 is 2.90 bits per heavy atom. The van der Waals surface area contributed by atoms with Crippen LogP contribution in [-0.2, 0) is 7.05 Å². The second-order valence-corrected chi connectivity index (χ2v) is 6.46. The fourth-order valence-electron chi connectivity index (χ4n) is 2.85. The Balaban J connectivity index is 2.23. The Bertz CT molecular complexity index is 512. The molecule has 1 unspecified atom stereocenters. The first-order valence-electron chi connectivity index (χ1n) is 7.49. The normalized spacial score (nSPS) is 19.6. The average Bonchev–Trinajstić information content (AvgIpc) is 2.43. The van der Waals surface area contributed by atoms with Gasteiger partial charge in [-0.15, -0.1) is 0 Å². The number of anilines is 1. The number of piperidine rings is 1. The summed E-state index contributed by atoms with van der Waals surface area (Å²) in [6.45, 7) is 5.47. The smallest absolute Gasteiger partial charge is 0.287 e. The van der Waals surface area contributed by atoms with E-state index in [0.717, 1.165) is 25.1 Å². The third kappa shape index (κ3) is 3.35. The maximum atomic E-state index is 11.9. The zero-order chi connectivity index (χ0) is 14.7. The van der Waals surface area contributed by atoms with Gasteiger partial charge in [0.1, 0.15) is 5.02 Å². The molecule has 0 aliphatic carbocycles. The van der Waals surface area contributed by atoms with Crippen molar-refractivity contribution < 1.29 is 0 Å². The van der Waals surface area contributed by atoms with Crippen molar-refractivity contribution in [2.75, 3.05) is 11.4 Å². The summed E-state index contributed by atoms with van der Waals surface area (Å²) in [5, 5.41) is 4.43. The molecule has 5 heteroatoms. The van der Waals surface area contributed by atoms with Gasteiger partial charge in [-0.25, -0.2) is 4.68 Å². The first-order valence-corrected chi connectivity index (χ1v) is 7.87. The topological polar surface area (TPSA) is 38.1 Å². The molecule has 0 aromatic carbocycles. The highest BCUT2D eigenvalue weighted by atomic mass is 35.5. The molecule has 20 heavy (non-hydrogen) atoms. The molecule has 0 saturated carbocycles. The molecular weight excluding hydrogens is 274 g/mol. The molecule has 4 nitrogen and oxygen atoms in total. The van der Waals surface area contributed by atoms with Gasteiger partial charge >= 0.3 is 0 Å². The highest BCUT2D eigenvalue weighted by Gasteiger charge is 2.25. The molecule has 1 fully saturated rings. The molecule has 1 aliphatic heterocycles. The summed E-state index contributed by atoms with van der Waals surface area (Å²) in [5.41, 5.74) is 0.598. The van der Waals surface area contributed by atoms with E-state index in [4.69, 9.17) is 11.6 Å². The van der Waals surface area contributed by atoms with Gasteiger partial charge in [-0.05, 0) is 38.0 Å². The van der Waals surface area contributed by atoms with Crippen LogP contribution in [-0.4, -0.2) is 22.4 Å². The van der Waals surface area contributed by atoms with Crippen LogP contribution in [0.15, 0.2) is 11.0 Å². The van der Waals surface area contributed by atoms with Crippen LogP contribution in [0.5, 0.6) is 0 Å². The fraction of sp³-hybridized carbons (Fsp3) is 0.733. The Morgan fingerprint density at radius 1 is 1.45 bits per heavy atom. The number of nitrogens with zero attached hydrogens (tertiary/aromatic N) is 3. The lowest BCUT2D eigenvalue weighted by atomic mass is 9.94. The van der Waals surface area contributed by atoms with Crippen molar-refractivity contribution in [1.29, 1.82) is 0 Å². The quantitative estimate of drug-likeness (QED) is 0.856. The van der Waals surface area contributed by atoms with Gasteiger partial charge in [0.15, 0.2) is 0 Å². The van der Waals surface area contributed by atoms with Crippen molar-refractivity contribution in [2.45, 2.75) is 52.0 Å². The predicted molar refractivity (Wildman–Crippen MR) is 83.5 cm³/mol. The average molecular weight is 298 g/mol. The van der Waals surface area contributed by atoms with Gasteiger partial charge in [-0.1, -0.05) is 25.4 Å². The van der Waals surface area contributed by atoms with E-state index in [0.29, 0.717) is 17.0 Å². The Morgan fingerprint density at radius 2 is 2.20 bits per heavy atom. The molecule has 0 bridgehead atoms. The van der Waals surface area contributed by atoms with Gasteiger partial charge in [0.2, 0.25) is 0 Å². The number of halogens is 1. The molecule has 1 aromatic rings. The van der Waals surface area contributed by atoms with Crippen LogP contribution in [0.25, 0.3) is 0 Å². The van der Waals surface area contributed by atoms with Crippen LogP contribution in [0.3, 0.4) is 0 Å². The molecule has 2 heterocycles.